The Kier molecular flexibility index (Phi) is 4.73. The molecular weight excluding hydrogens is 342 g/mol. The van der Waals surface area contributed by atoms with Crippen molar-refractivity contribution in [1.29, 1.82) is 0 Å². The number of hydrogen-bond acceptors (Lipinski definition) is 5. The van der Waals surface area contributed by atoms with Gasteiger partial charge >= 0.3 is 0 Å². The van der Waals surface area contributed by atoms with Crippen LogP contribution in [-0.2, 0) is 4.79 Å². The van der Waals surface area contributed by atoms with E-state index in [1.807, 2.05) is 37.4 Å². The molecule has 0 bridgehead atoms. The molecule has 2 heterocycles. The molecule has 2 aromatic heterocycles. The Morgan fingerprint density at radius 2 is 2.00 bits per heavy atom. The predicted octanol–water partition coefficient (Wildman–Crippen LogP) is 3.72. The SMILES string of the molecule is Cc1cccc(C)c1NC(=O)C(C)Sc1nc2sccc2c(=O)[nH]1. The van der Waals surface area contributed by atoms with E-state index in [9.17, 15) is 9.59 Å². The number of carbonyl (C=O) groups is 1. The van der Waals surface area contributed by atoms with Crippen molar-refractivity contribution in [3.63, 3.8) is 0 Å². The Hall–Kier alpha value is -2.12. The third-order valence-corrected chi connectivity index (χ3v) is 5.49. The van der Waals surface area contributed by atoms with Gasteiger partial charge in [-0.2, -0.15) is 0 Å². The largest absolute Gasteiger partial charge is 0.325 e. The molecule has 0 aliphatic rings. The van der Waals surface area contributed by atoms with E-state index < -0.39 is 0 Å². The molecule has 0 saturated carbocycles. The van der Waals surface area contributed by atoms with E-state index in [-0.39, 0.29) is 16.7 Å². The summed E-state index contributed by atoms with van der Waals surface area (Å²) in [6.45, 7) is 5.72. The molecule has 1 unspecified atom stereocenters. The van der Waals surface area contributed by atoms with Crippen molar-refractivity contribution in [2.45, 2.75) is 31.2 Å². The van der Waals surface area contributed by atoms with Gasteiger partial charge in [0, 0.05) is 5.69 Å². The number of amides is 1. The maximum atomic E-state index is 12.5. The standard InChI is InChI=1S/C17H17N3O2S2/c1-9-5-4-6-10(2)13(9)18-14(21)11(3)24-17-19-15(22)12-7-8-23-16(12)20-17/h4-8,11H,1-3H3,(H,18,21)(H,19,20,22). The minimum atomic E-state index is -0.385. The summed E-state index contributed by atoms with van der Waals surface area (Å²) in [6, 6.07) is 7.63. The number of benzene rings is 1. The van der Waals surface area contributed by atoms with Gasteiger partial charge < -0.3 is 10.3 Å². The van der Waals surface area contributed by atoms with Gasteiger partial charge in [-0.25, -0.2) is 4.98 Å². The molecule has 3 aromatic rings. The molecule has 0 saturated heterocycles. The lowest BCUT2D eigenvalue weighted by Crippen LogP contribution is -2.24. The number of anilines is 1. The first-order chi connectivity index (χ1) is 11.5. The van der Waals surface area contributed by atoms with Gasteiger partial charge in [-0.3, -0.25) is 9.59 Å². The second-order valence-electron chi connectivity index (χ2n) is 5.53. The van der Waals surface area contributed by atoms with Gasteiger partial charge in [0.05, 0.1) is 10.6 Å². The highest BCUT2D eigenvalue weighted by Crippen LogP contribution is 2.25. The number of aromatic nitrogens is 2. The molecular formula is C17H17N3O2S2. The van der Waals surface area contributed by atoms with E-state index in [2.05, 4.69) is 15.3 Å². The number of aryl methyl sites for hydroxylation is 2. The maximum Gasteiger partial charge on any atom is 0.260 e. The van der Waals surface area contributed by atoms with Crippen molar-refractivity contribution >= 4 is 44.9 Å². The van der Waals surface area contributed by atoms with Gasteiger partial charge in [-0.15, -0.1) is 11.3 Å². The molecule has 0 aliphatic heterocycles. The average molecular weight is 359 g/mol. The number of rotatable bonds is 4. The van der Waals surface area contributed by atoms with Crippen LogP contribution in [0, 0.1) is 13.8 Å². The maximum absolute atomic E-state index is 12.5. The van der Waals surface area contributed by atoms with Crippen molar-refractivity contribution < 1.29 is 4.79 Å². The quantitative estimate of drug-likeness (QED) is 0.550. The van der Waals surface area contributed by atoms with Crippen molar-refractivity contribution in [2.24, 2.45) is 0 Å². The molecule has 5 nitrogen and oxygen atoms in total. The molecule has 1 atom stereocenters. The molecule has 2 N–H and O–H groups in total. The fourth-order valence-corrected chi connectivity index (χ4v) is 3.98. The van der Waals surface area contributed by atoms with Crippen LogP contribution < -0.4 is 10.9 Å². The van der Waals surface area contributed by atoms with E-state index in [4.69, 9.17) is 0 Å². The summed E-state index contributed by atoms with van der Waals surface area (Å²) in [4.78, 5) is 32.3. The first kappa shape index (κ1) is 16.7. The lowest BCUT2D eigenvalue weighted by atomic mass is 10.1. The minimum Gasteiger partial charge on any atom is -0.325 e. The number of thioether (sulfide) groups is 1. The number of hydrogen-bond donors (Lipinski definition) is 2. The molecule has 7 heteroatoms. The molecule has 1 amide bonds. The van der Waals surface area contributed by atoms with Crippen LogP contribution in [-0.4, -0.2) is 21.1 Å². The number of carbonyl (C=O) groups excluding carboxylic acids is 1. The Morgan fingerprint density at radius 3 is 2.71 bits per heavy atom. The second kappa shape index (κ2) is 6.78. The summed E-state index contributed by atoms with van der Waals surface area (Å²) in [6.07, 6.45) is 0. The zero-order chi connectivity index (χ0) is 17.3. The number of para-hydroxylation sites is 1. The topological polar surface area (TPSA) is 74.8 Å². The van der Waals surface area contributed by atoms with Crippen LogP contribution in [0.25, 0.3) is 10.2 Å². The second-order valence-corrected chi connectivity index (χ2v) is 7.75. The minimum absolute atomic E-state index is 0.119. The number of thiophene rings is 1. The summed E-state index contributed by atoms with van der Waals surface area (Å²) < 4.78 is 0. The Balaban J connectivity index is 1.77. The van der Waals surface area contributed by atoms with E-state index in [1.54, 1.807) is 13.0 Å². The highest BCUT2D eigenvalue weighted by Gasteiger charge is 2.18. The van der Waals surface area contributed by atoms with E-state index in [1.165, 1.54) is 23.1 Å². The predicted molar refractivity (Wildman–Crippen MR) is 100 cm³/mol. The van der Waals surface area contributed by atoms with Gasteiger partial charge in [0.1, 0.15) is 4.83 Å². The number of H-pyrrole nitrogens is 1. The van der Waals surface area contributed by atoms with Gasteiger partial charge in [-0.05, 0) is 43.3 Å². The van der Waals surface area contributed by atoms with Gasteiger partial charge in [0.25, 0.3) is 5.56 Å². The van der Waals surface area contributed by atoms with Crippen molar-refractivity contribution in [3.8, 4) is 0 Å². The Bertz CT molecular complexity index is 942. The van der Waals surface area contributed by atoms with Crippen LogP contribution in [0.4, 0.5) is 5.69 Å². The Morgan fingerprint density at radius 1 is 1.29 bits per heavy atom. The summed E-state index contributed by atoms with van der Waals surface area (Å²) in [7, 11) is 0. The summed E-state index contributed by atoms with van der Waals surface area (Å²) in [5, 5.41) is 5.45. The van der Waals surface area contributed by atoms with E-state index in [0.717, 1.165) is 16.8 Å². The summed E-state index contributed by atoms with van der Waals surface area (Å²) in [5.41, 5.74) is 2.70. The molecule has 24 heavy (non-hydrogen) atoms. The Labute approximate surface area is 147 Å². The normalized spacial score (nSPS) is 12.3. The monoisotopic (exact) mass is 359 g/mol. The summed E-state index contributed by atoms with van der Waals surface area (Å²) in [5.74, 6) is -0.119. The molecule has 0 aliphatic carbocycles. The summed E-state index contributed by atoms with van der Waals surface area (Å²) >= 11 is 2.66. The number of nitrogens with zero attached hydrogens (tertiary/aromatic N) is 1. The third kappa shape index (κ3) is 3.37. The van der Waals surface area contributed by atoms with E-state index in [0.29, 0.717) is 15.4 Å². The number of nitrogens with one attached hydrogen (secondary N) is 2. The highest BCUT2D eigenvalue weighted by atomic mass is 32.2. The van der Waals surface area contributed by atoms with Crippen LogP contribution in [0.15, 0.2) is 39.6 Å². The van der Waals surface area contributed by atoms with Gasteiger partial charge in [0.2, 0.25) is 5.91 Å². The van der Waals surface area contributed by atoms with E-state index >= 15 is 0 Å². The highest BCUT2D eigenvalue weighted by molar-refractivity contribution is 8.00. The zero-order valence-electron chi connectivity index (χ0n) is 13.5. The first-order valence-electron chi connectivity index (χ1n) is 7.47. The van der Waals surface area contributed by atoms with Crippen LogP contribution in [0.2, 0.25) is 0 Å². The van der Waals surface area contributed by atoms with Crippen LogP contribution in [0.5, 0.6) is 0 Å². The lowest BCUT2D eigenvalue weighted by Gasteiger charge is -2.15. The molecule has 124 valence electrons. The lowest BCUT2D eigenvalue weighted by molar-refractivity contribution is -0.115. The number of fused-ring (bicyclic) bond motifs is 1. The van der Waals surface area contributed by atoms with Crippen LogP contribution >= 0.6 is 23.1 Å². The molecule has 0 radical (unpaired) electrons. The van der Waals surface area contributed by atoms with Gasteiger partial charge in [0.15, 0.2) is 5.16 Å². The molecule has 3 rings (SSSR count). The first-order valence-corrected chi connectivity index (χ1v) is 9.23. The zero-order valence-corrected chi connectivity index (χ0v) is 15.2. The molecule has 1 aromatic carbocycles. The van der Waals surface area contributed by atoms with Crippen LogP contribution in [0.3, 0.4) is 0 Å². The van der Waals surface area contributed by atoms with Crippen molar-refractivity contribution in [1.82, 2.24) is 9.97 Å². The van der Waals surface area contributed by atoms with Crippen molar-refractivity contribution in [3.05, 3.63) is 51.1 Å². The third-order valence-electron chi connectivity index (χ3n) is 3.70. The van der Waals surface area contributed by atoms with Gasteiger partial charge in [-0.1, -0.05) is 30.0 Å². The van der Waals surface area contributed by atoms with Crippen molar-refractivity contribution in [2.75, 3.05) is 5.32 Å². The van der Waals surface area contributed by atoms with Crippen LogP contribution in [0.1, 0.15) is 18.1 Å². The number of aromatic amines is 1. The molecule has 0 fully saturated rings. The smallest absolute Gasteiger partial charge is 0.260 e. The molecule has 0 spiro atoms. The fraction of sp³-hybridized carbons (Fsp3) is 0.235. The average Bonchev–Trinajstić information content (AvgIpc) is 3.00. The fourth-order valence-electron chi connectivity index (χ4n) is 2.36.